The van der Waals surface area contributed by atoms with Gasteiger partial charge in [-0.1, -0.05) is 0 Å². The Morgan fingerprint density at radius 3 is 2.61 bits per heavy atom. The first-order chi connectivity index (χ1) is 17.8. The van der Waals surface area contributed by atoms with Gasteiger partial charge in [0, 0.05) is 36.2 Å². The molecular weight excluding hydrogens is 478 g/mol. The highest BCUT2D eigenvalue weighted by Gasteiger charge is 2.29. The maximum Gasteiger partial charge on any atom is 0.230 e. The van der Waals surface area contributed by atoms with Gasteiger partial charge in [0.2, 0.25) is 5.95 Å². The highest BCUT2D eigenvalue weighted by Crippen LogP contribution is 2.39. The van der Waals surface area contributed by atoms with Crippen molar-refractivity contribution in [2.24, 2.45) is 0 Å². The molecule has 0 aromatic carbocycles. The van der Waals surface area contributed by atoms with Crippen LogP contribution in [0.3, 0.4) is 0 Å². The van der Waals surface area contributed by atoms with Crippen molar-refractivity contribution in [3.63, 3.8) is 0 Å². The Labute approximate surface area is 214 Å². The van der Waals surface area contributed by atoms with Crippen molar-refractivity contribution in [3.8, 4) is 0 Å². The predicted molar refractivity (Wildman–Crippen MR) is 138 cm³/mol. The summed E-state index contributed by atoms with van der Waals surface area (Å²) in [5, 5.41) is 12.9. The third kappa shape index (κ3) is 4.47. The van der Waals surface area contributed by atoms with Gasteiger partial charge < -0.3 is 24.8 Å². The standard InChI is InChI=1S/C25H33N7O3S/c1-3-18(31-6-9-33-10-7-31)4-2-16(1)27-23-22-20-5-8-34-15-21(20)36-24(22)30-25(29-23)28-17-11-26-32(12-17)19-13-35-14-19/h11-12,16,18-19H,1-10,13-15H2,(H2,27,28,29,30). The molecule has 0 bridgehead atoms. The summed E-state index contributed by atoms with van der Waals surface area (Å²) >= 11 is 1.73. The summed E-state index contributed by atoms with van der Waals surface area (Å²) in [5.74, 6) is 1.56. The summed E-state index contributed by atoms with van der Waals surface area (Å²) in [7, 11) is 0. The SMILES string of the molecule is c1nn(C2COC2)cc1Nc1nc(NC2CCC(N3CCOCC3)CC2)c2c3c(sc2n1)COCC3. The molecule has 3 aromatic rings. The minimum atomic E-state index is 0.317. The summed E-state index contributed by atoms with van der Waals surface area (Å²) in [4.78, 5) is 14.8. The summed E-state index contributed by atoms with van der Waals surface area (Å²) in [5.41, 5.74) is 2.25. The van der Waals surface area contributed by atoms with E-state index in [4.69, 9.17) is 24.2 Å². The van der Waals surface area contributed by atoms with Crippen LogP contribution in [0.1, 0.15) is 42.2 Å². The number of hydrogen-bond acceptors (Lipinski definition) is 10. The van der Waals surface area contributed by atoms with Crippen molar-refractivity contribution >= 4 is 39.0 Å². The second-order valence-corrected chi connectivity index (χ2v) is 11.3. The van der Waals surface area contributed by atoms with Crippen molar-refractivity contribution in [3.05, 3.63) is 22.8 Å². The molecule has 0 spiro atoms. The molecule has 10 nitrogen and oxygen atoms in total. The number of aromatic nitrogens is 4. The van der Waals surface area contributed by atoms with E-state index in [9.17, 15) is 0 Å². The average molecular weight is 512 g/mol. The summed E-state index contributed by atoms with van der Waals surface area (Å²) in [6.07, 6.45) is 9.50. The fraction of sp³-hybridized carbons (Fsp3) is 0.640. The van der Waals surface area contributed by atoms with Crippen LogP contribution in [0, 0.1) is 0 Å². The lowest BCUT2D eigenvalue weighted by Crippen LogP contribution is -2.46. The van der Waals surface area contributed by atoms with E-state index in [1.165, 1.54) is 28.7 Å². The normalized spacial score (nSPS) is 25.4. The topological polar surface area (TPSA) is 98.6 Å². The number of ether oxygens (including phenoxy) is 3. The van der Waals surface area contributed by atoms with Crippen molar-refractivity contribution < 1.29 is 14.2 Å². The van der Waals surface area contributed by atoms with E-state index < -0.39 is 0 Å². The Bertz CT molecular complexity index is 1210. The third-order valence-corrected chi connectivity index (χ3v) is 9.01. The second kappa shape index (κ2) is 9.86. The number of hydrogen-bond donors (Lipinski definition) is 2. The monoisotopic (exact) mass is 511 g/mol. The lowest BCUT2D eigenvalue weighted by molar-refractivity contribution is -0.0286. The smallest absolute Gasteiger partial charge is 0.230 e. The van der Waals surface area contributed by atoms with Gasteiger partial charge in [0.15, 0.2) is 0 Å². The van der Waals surface area contributed by atoms with Gasteiger partial charge in [0.1, 0.15) is 10.6 Å². The molecule has 2 saturated heterocycles. The number of morpholine rings is 1. The van der Waals surface area contributed by atoms with Gasteiger partial charge in [-0.15, -0.1) is 11.3 Å². The third-order valence-electron chi connectivity index (χ3n) is 7.92. The zero-order valence-electron chi connectivity index (χ0n) is 20.4. The van der Waals surface area contributed by atoms with Crippen molar-refractivity contribution in [1.82, 2.24) is 24.6 Å². The van der Waals surface area contributed by atoms with Crippen LogP contribution in [0.4, 0.5) is 17.5 Å². The molecule has 0 amide bonds. The predicted octanol–water partition coefficient (Wildman–Crippen LogP) is 3.33. The van der Waals surface area contributed by atoms with E-state index in [-0.39, 0.29) is 0 Å². The molecule has 0 unspecified atom stereocenters. The van der Waals surface area contributed by atoms with Crippen molar-refractivity contribution in [1.29, 1.82) is 0 Å². The van der Waals surface area contributed by atoms with Crippen molar-refractivity contribution in [2.45, 2.75) is 56.8 Å². The number of rotatable bonds is 6. The summed E-state index contributed by atoms with van der Waals surface area (Å²) in [6, 6.07) is 1.42. The lowest BCUT2D eigenvalue weighted by atomic mass is 9.90. The molecule has 3 aromatic heterocycles. The number of thiophene rings is 1. The van der Waals surface area contributed by atoms with Gasteiger partial charge in [0.05, 0.1) is 63.0 Å². The Morgan fingerprint density at radius 2 is 1.81 bits per heavy atom. The number of anilines is 3. The Balaban J connectivity index is 1.13. The van der Waals surface area contributed by atoms with E-state index in [2.05, 4.69) is 20.6 Å². The van der Waals surface area contributed by atoms with Crippen LogP contribution in [0.5, 0.6) is 0 Å². The molecule has 6 heterocycles. The van der Waals surface area contributed by atoms with Gasteiger partial charge in [-0.25, -0.2) is 4.98 Å². The van der Waals surface area contributed by atoms with Crippen LogP contribution in [-0.2, 0) is 27.2 Å². The maximum absolute atomic E-state index is 5.74. The van der Waals surface area contributed by atoms with Crippen LogP contribution >= 0.6 is 11.3 Å². The zero-order chi connectivity index (χ0) is 23.9. The molecule has 7 rings (SSSR count). The molecule has 3 fully saturated rings. The number of nitrogens with one attached hydrogen (secondary N) is 2. The van der Waals surface area contributed by atoms with E-state index in [1.807, 2.05) is 17.1 Å². The molecular formula is C25H33N7O3S. The van der Waals surface area contributed by atoms with E-state index in [0.717, 1.165) is 68.5 Å². The quantitative estimate of drug-likeness (QED) is 0.516. The highest BCUT2D eigenvalue weighted by molar-refractivity contribution is 7.19. The highest BCUT2D eigenvalue weighted by atomic mass is 32.1. The molecule has 192 valence electrons. The molecule has 0 atom stereocenters. The minimum absolute atomic E-state index is 0.317. The minimum Gasteiger partial charge on any atom is -0.379 e. The van der Waals surface area contributed by atoms with Gasteiger partial charge in [-0.2, -0.15) is 10.1 Å². The lowest BCUT2D eigenvalue weighted by Gasteiger charge is -2.39. The second-order valence-electron chi connectivity index (χ2n) is 10.2. The van der Waals surface area contributed by atoms with Gasteiger partial charge in [-0.3, -0.25) is 9.58 Å². The number of fused-ring (bicyclic) bond motifs is 3. The van der Waals surface area contributed by atoms with Crippen LogP contribution in [0.15, 0.2) is 12.4 Å². The Hall–Kier alpha value is -2.31. The molecule has 2 N–H and O–H groups in total. The molecule has 0 radical (unpaired) electrons. The zero-order valence-corrected chi connectivity index (χ0v) is 21.3. The largest absolute Gasteiger partial charge is 0.379 e. The van der Waals surface area contributed by atoms with Gasteiger partial charge >= 0.3 is 0 Å². The first-order valence-corrected chi connectivity index (χ1v) is 14.0. The van der Waals surface area contributed by atoms with E-state index in [1.54, 1.807) is 11.3 Å². The maximum atomic E-state index is 5.74. The van der Waals surface area contributed by atoms with Crippen LogP contribution in [0.25, 0.3) is 10.2 Å². The van der Waals surface area contributed by atoms with Gasteiger partial charge in [0.25, 0.3) is 0 Å². The molecule has 11 heteroatoms. The first-order valence-electron chi connectivity index (χ1n) is 13.2. The van der Waals surface area contributed by atoms with Crippen molar-refractivity contribution in [2.75, 3.05) is 56.8 Å². The first kappa shape index (κ1) is 22.9. The summed E-state index contributed by atoms with van der Waals surface area (Å²) < 4.78 is 18.6. The van der Waals surface area contributed by atoms with Crippen LogP contribution in [0.2, 0.25) is 0 Å². The molecule has 36 heavy (non-hydrogen) atoms. The van der Waals surface area contributed by atoms with Crippen LogP contribution < -0.4 is 10.6 Å². The van der Waals surface area contributed by atoms with E-state index in [0.29, 0.717) is 43.9 Å². The molecule has 1 aliphatic carbocycles. The Kier molecular flexibility index (Phi) is 6.26. The van der Waals surface area contributed by atoms with Crippen LogP contribution in [-0.4, -0.2) is 82.9 Å². The Morgan fingerprint density at radius 1 is 0.944 bits per heavy atom. The average Bonchev–Trinajstić information content (AvgIpc) is 3.48. The van der Waals surface area contributed by atoms with Gasteiger partial charge in [-0.05, 0) is 37.7 Å². The fourth-order valence-electron chi connectivity index (χ4n) is 5.81. The fourth-order valence-corrected chi connectivity index (χ4v) is 6.97. The number of nitrogens with zero attached hydrogens (tertiary/aromatic N) is 5. The molecule has 1 saturated carbocycles. The summed E-state index contributed by atoms with van der Waals surface area (Å²) in [6.45, 7) is 6.73. The molecule has 3 aliphatic heterocycles. The molecule has 4 aliphatic rings. The van der Waals surface area contributed by atoms with E-state index >= 15 is 0 Å².